The van der Waals surface area contributed by atoms with Crippen molar-refractivity contribution in [3.8, 4) is 11.4 Å². The van der Waals surface area contributed by atoms with Crippen LogP contribution < -0.4 is 5.32 Å². The van der Waals surface area contributed by atoms with Gasteiger partial charge in [-0.2, -0.15) is 0 Å². The second kappa shape index (κ2) is 5.86. The minimum Gasteiger partial charge on any atom is -0.304 e. The van der Waals surface area contributed by atoms with Crippen molar-refractivity contribution in [2.45, 2.75) is 6.92 Å². The number of fused-ring (bicyclic) bond motifs is 1. The van der Waals surface area contributed by atoms with E-state index in [1.165, 1.54) is 11.3 Å². The van der Waals surface area contributed by atoms with Crippen LogP contribution in [0.3, 0.4) is 0 Å². The topological polar surface area (TPSA) is 72.2 Å². The van der Waals surface area contributed by atoms with E-state index >= 15 is 0 Å². The van der Waals surface area contributed by atoms with Gasteiger partial charge in [0.25, 0.3) is 5.91 Å². The summed E-state index contributed by atoms with van der Waals surface area (Å²) in [5.74, 6) is -0.278. The van der Waals surface area contributed by atoms with Gasteiger partial charge in [-0.1, -0.05) is 12.1 Å². The highest BCUT2D eigenvalue weighted by Gasteiger charge is 2.14. The summed E-state index contributed by atoms with van der Waals surface area (Å²) in [5.41, 5.74) is 3.64. The lowest BCUT2D eigenvalue weighted by Gasteiger charge is -1.97. The van der Waals surface area contributed by atoms with E-state index in [9.17, 15) is 4.79 Å². The third-order valence-electron chi connectivity index (χ3n) is 3.58. The first-order valence-electron chi connectivity index (χ1n) is 7.34. The Hall–Kier alpha value is -3.06. The fraction of sp³-hybridized carbons (Fsp3) is 0.0588. The van der Waals surface area contributed by atoms with Crippen LogP contribution in [0, 0.1) is 6.92 Å². The lowest BCUT2D eigenvalue weighted by Crippen LogP contribution is -2.12. The maximum atomic E-state index is 12.4. The minimum atomic E-state index is -0.278. The molecule has 7 heteroatoms. The summed E-state index contributed by atoms with van der Waals surface area (Å²) in [4.78, 5) is 25.4. The molecule has 1 N–H and O–H groups in total. The van der Waals surface area contributed by atoms with E-state index in [1.807, 2.05) is 53.1 Å². The summed E-state index contributed by atoms with van der Waals surface area (Å²) < 4.78 is 1.89. The van der Waals surface area contributed by atoms with Crippen molar-refractivity contribution in [3.63, 3.8) is 0 Å². The van der Waals surface area contributed by atoms with Crippen LogP contribution in [0.4, 0.5) is 5.13 Å². The number of imidazole rings is 1. The Labute approximate surface area is 141 Å². The first-order valence-corrected chi connectivity index (χ1v) is 8.22. The average molecular weight is 335 g/mol. The number of amides is 1. The number of pyridine rings is 2. The number of carbonyl (C=O) groups is 1. The van der Waals surface area contributed by atoms with Crippen LogP contribution in [0.1, 0.15) is 16.2 Å². The average Bonchev–Trinajstić information content (AvgIpc) is 3.23. The molecule has 4 aromatic heterocycles. The first kappa shape index (κ1) is 14.5. The zero-order valence-corrected chi connectivity index (χ0v) is 13.6. The van der Waals surface area contributed by atoms with Gasteiger partial charge in [0.05, 0.1) is 5.69 Å². The van der Waals surface area contributed by atoms with Crippen molar-refractivity contribution >= 4 is 28.0 Å². The monoisotopic (exact) mass is 335 g/mol. The third-order valence-corrected chi connectivity index (χ3v) is 4.34. The number of anilines is 1. The lowest BCUT2D eigenvalue weighted by atomic mass is 10.3. The largest absolute Gasteiger partial charge is 0.304 e. The summed E-state index contributed by atoms with van der Waals surface area (Å²) in [5, 5.41) is 5.18. The van der Waals surface area contributed by atoms with E-state index in [0.29, 0.717) is 10.8 Å². The summed E-state index contributed by atoms with van der Waals surface area (Å²) in [7, 11) is 0. The molecule has 0 bridgehead atoms. The minimum absolute atomic E-state index is 0.278. The normalized spacial score (nSPS) is 10.9. The van der Waals surface area contributed by atoms with Gasteiger partial charge in [0, 0.05) is 23.5 Å². The van der Waals surface area contributed by atoms with Gasteiger partial charge in [0.15, 0.2) is 5.13 Å². The number of thiazole rings is 1. The summed E-state index contributed by atoms with van der Waals surface area (Å²) in [6, 6.07) is 11.4. The smallest absolute Gasteiger partial charge is 0.277 e. The number of carbonyl (C=O) groups excluding carboxylic acids is 1. The SMILES string of the molecule is Cc1cccc2nc(C(=O)Nc3nc(-c4ccccn4)cs3)cn12. The molecule has 1 amide bonds. The van der Waals surface area contributed by atoms with Gasteiger partial charge in [0.1, 0.15) is 17.0 Å². The Morgan fingerprint density at radius 3 is 2.83 bits per heavy atom. The molecule has 0 radical (unpaired) electrons. The molecule has 0 aromatic carbocycles. The summed E-state index contributed by atoms with van der Waals surface area (Å²) in [6.45, 7) is 1.97. The zero-order valence-electron chi connectivity index (χ0n) is 12.8. The molecule has 4 heterocycles. The van der Waals surface area contributed by atoms with Crippen molar-refractivity contribution in [1.82, 2.24) is 19.4 Å². The molecule has 0 unspecified atom stereocenters. The highest BCUT2D eigenvalue weighted by molar-refractivity contribution is 7.14. The molecule has 4 rings (SSSR count). The summed E-state index contributed by atoms with van der Waals surface area (Å²) >= 11 is 1.36. The molecule has 118 valence electrons. The fourth-order valence-electron chi connectivity index (χ4n) is 2.38. The standard InChI is InChI=1S/C17H13N5OS/c1-11-5-4-7-15-19-13(9-22(11)15)16(23)21-17-20-14(10-24-17)12-6-2-3-8-18-12/h2-10H,1H3,(H,20,21,23). The zero-order chi connectivity index (χ0) is 16.5. The molecular weight excluding hydrogens is 322 g/mol. The van der Waals surface area contributed by atoms with Crippen LogP contribution in [0.15, 0.2) is 54.2 Å². The van der Waals surface area contributed by atoms with Gasteiger partial charge in [-0.15, -0.1) is 11.3 Å². The van der Waals surface area contributed by atoms with E-state index in [1.54, 1.807) is 12.4 Å². The summed E-state index contributed by atoms with van der Waals surface area (Å²) in [6.07, 6.45) is 3.44. The number of hydrogen-bond donors (Lipinski definition) is 1. The number of hydrogen-bond acceptors (Lipinski definition) is 5. The molecule has 0 aliphatic rings. The van der Waals surface area contributed by atoms with Gasteiger partial charge in [-0.05, 0) is 31.2 Å². The van der Waals surface area contributed by atoms with E-state index in [-0.39, 0.29) is 5.91 Å². The molecule has 0 aliphatic carbocycles. The molecule has 0 spiro atoms. The molecular formula is C17H13N5OS. The van der Waals surface area contributed by atoms with Crippen LogP contribution >= 0.6 is 11.3 Å². The van der Waals surface area contributed by atoms with Crippen molar-refractivity contribution in [3.05, 3.63) is 65.6 Å². The Bertz CT molecular complexity index is 1020. The van der Waals surface area contributed by atoms with Gasteiger partial charge >= 0.3 is 0 Å². The Morgan fingerprint density at radius 2 is 2.04 bits per heavy atom. The second-order valence-electron chi connectivity index (χ2n) is 5.23. The number of aryl methyl sites for hydroxylation is 1. The van der Waals surface area contributed by atoms with Crippen LogP contribution in [0.5, 0.6) is 0 Å². The molecule has 4 aromatic rings. The second-order valence-corrected chi connectivity index (χ2v) is 6.09. The lowest BCUT2D eigenvalue weighted by molar-refractivity contribution is 0.102. The number of aromatic nitrogens is 4. The molecule has 6 nitrogen and oxygen atoms in total. The number of rotatable bonds is 3. The molecule has 0 atom stereocenters. The van der Waals surface area contributed by atoms with Crippen molar-refractivity contribution in [1.29, 1.82) is 0 Å². The highest BCUT2D eigenvalue weighted by atomic mass is 32.1. The van der Waals surface area contributed by atoms with Crippen LogP contribution in [-0.4, -0.2) is 25.3 Å². The van der Waals surface area contributed by atoms with Crippen LogP contribution in [0.2, 0.25) is 0 Å². The van der Waals surface area contributed by atoms with E-state index in [4.69, 9.17) is 0 Å². The fourth-order valence-corrected chi connectivity index (χ4v) is 3.08. The molecule has 0 saturated carbocycles. The number of nitrogens with zero attached hydrogens (tertiary/aromatic N) is 4. The highest BCUT2D eigenvalue weighted by Crippen LogP contribution is 2.23. The van der Waals surface area contributed by atoms with Crippen molar-refractivity contribution in [2.75, 3.05) is 5.32 Å². The van der Waals surface area contributed by atoms with Gasteiger partial charge in [0.2, 0.25) is 0 Å². The van der Waals surface area contributed by atoms with Crippen LogP contribution in [-0.2, 0) is 0 Å². The quantitative estimate of drug-likeness (QED) is 0.623. The Balaban J connectivity index is 1.57. The Kier molecular flexibility index (Phi) is 3.55. The maximum absolute atomic E-state index is 12.4. The van der Waals surface area contributed by atoms with Crippen molar-refractivity contribution in [2.24, 2.45) is 0 Å². The van der Waals surface area contributed by atoms with Gasteiger partial charge in [-0.25, -0.2) is 9.97 Å². The van der Waals surface area contributed by atoms with E-state index in [0.717, 1.165) is 22.7 Å². The van der Waals surface area contributed by atoms with E-state index < -0.39 is 0 Å². The Morgan fingerprint density at radius 1 is 1.12 bits per heavy atom. The predicted molar refractivity (Wildman–Crippen MR) is 93.2 cm³/mol. The maximum Gasteiger partial charge on any atom is 0.277 e. The molecule has 0 fully saturated rings. The van der Waals surface area contributed by atoms with E-state index in [2.05, 4.69) is 20.3 Å². The van der Waals surface area contributed by atoms with Crippen molar-refractivity contribution < 1.29 is 4.79 Å². The van der Waals surface area contributed by atoms with Gasteiger partial charge < -0.3 is 4.40 Å². The molecule has 0 aliphatic heterocycles. The van der Waals surface area contributed by atoms with Crippen LogP contribution in [0.25, 0.3) is 17.0 Å². The predicted octanol–water partition coefficient (Wildman–Crippen LogP) is 3.41. The first-order chi connectivity index (χ1) is 11.7. The van der Waals surface area contributed by atoms with Gasteiger partial charge in [-0.3, -0.25) is 15.1 Å². The third kappa shape index (κ3) is 2.65. The molecule has 0 saturated heterocycles. The molecule has 24 heavy (non-hydrogen) atoms. The number of nitrogens with one attached hydrogen (secondary N) is 1.